The lowest BCUT2D eigenvalue weighted by Gasteiger charge is -2.35. The summed E-state index contributed by atoms with van der Waals surface area (Å²) in [6, 6.07) is 0.329. The zero-order valence-electron chi connectivity index (χ0n) is 8.64. The van der Waals surface area contributed by atoms with E-state index in [1.807, 2.05) is 11.5 Å². The van der Waals surface area contributed by atoms with Crippen molar-refractivity contribution < 1.29 is 9.84 Å². The molecule has 2 rings (SSSR count). The second-order valence-corrected chi connectivity index (χ2v) is 4.06. The zero-order valence-corrected chi connectivity index (χ0v) is 9.46. The van der Waals surface area contributed by atoms with Gasteiger partial charge in [-0.1, -0.05) is 0 Å². The van der Waals surface area contributed by atoms with E-state index in [1.165, 1.54) is 0 Å². The van der Waals surface area contributed by atoms with Crippen LogP contribution in [0.25, 0.3) is 0 Å². The van der Waals surface area contributed by atoms with Crippen LogP contribution in [0.4, 0.5) is 0 Å². The van der Waals surface area contributed by atoms with Crippen LogP contribution in [0, 0.1) is 4.77 Å². The van der Waals surface area contributed by atoms with E-state index in [0.29, 0.717) is 22.7 Å². The minimum absolute atomic E-state index is 0.0804. The molecule has 1 aromatic heterocycles. The molecule has 1 fully saturated rings. The van der Waals surface area contributed by atoms with Crippen LogP contribution in [-0.2, 0) is 11.3 Å². The Morgan fingerprint density at radius 1 is 1.67 bits per heavy atom. The van der Waals surface area contributed by atoms with Gasteiger partial charge in [-0.3, -0.25) is 9.67 Å². The van der Waals surface area contributed by atoms with Crippen molar-refractivity contribution in [3.63, 3.8) is 0 Å². The summed E-state index contributed by atoms with van der Waals surface area (Å²) in [6.45, 7) is 2.67. The monoisotopic (exact) mass is 229 g/mol. The maximum Gasteiger partial charge on any atom is 0.195 e. The summed E-state index contributed by atoms with van der Waals surface area (Å²) in [5.41, 5.74) is 0. The molecule has 0 bridgehead atoms. The molecule has 1 aliphatic rings. The van der Waals surface area contributed by atoms with Crippen LogP contribution in [0.15, 0.2) is 0 Å². The number of aliphatic hydroxyl groups is 1. The minimum atomic E-state index is -0.0804. The lowest BCUT2D eigenvalue weighted by atomic mass is 9.89. The number of aromatic amines is 1. The molecule has 15 heavy (non-hydrogen) atoms. The SMILES string of the molecule is CCOC1CC(n2c(CO)n[nH]c2=S)C1. The van der Waals surface area contributed by atoms with E-state index in [0.717, 1.165) is 19.4 Å². The van der Waals surface area contributed by atoms with Gasteiger partial charge in [-0.25, -0.2) is 0 Å². The molecule has 84 valence electrons. The highest BCUT2D eigenvalue weighted by Crippen LogP contribution is 2.35. The summed E-state index contributed by atoms with van der Waals surface area (Å²) in [7, 11) is 0. The van der Waals surface area contributed by atoms with Crippen LogP contribution >= 0.6 is 12.2 Å². The normalized spacial score (nSPS) is 25.2. The molecule has 1 saturated carbocycles. The number of hydrogen-bond acceptors (Lipinski definition) is 4. The highest BCUT2D eigenvalue weighted by Gasteiger charge is 2.32. The first kappa shape index (κ1) is 10.8. The summed E-state index contributed by atoms with van der Waals surface area (Å²) in [4.78, 5) is 0. The Morgan fingerprint density at radius 3 is 3.00 bits per heavy atom. The van der Waals surface area contributed by atoms with Crippen molar-refractivity contribution >= 4 is 12.2 Å². The quantitative estimate of drug-likeness (QED) is 0.761. The fourth-order valence-electron chi connectivity index (χ4n) is 1.95. The molecule has 2 N–H and O–H groups in total. The average molecular weight is 229 g/mol. The molecule has 0 aliphatic heterocycles. The van der Waals surface area contributed by atoms with E-state index >= 15 is 0 Å². The fourth-order valence-corrected chi connectivity index (χ4v) is 2.25. The number of rotatable bonds is 4. The lowest BCUT2D eigenvalue weighted by Crippen LogP contribution is -2.34. The van der Waals surface area contributed by atoms with Gasteiger partial charge in [0.2, 0.25) is 0 Å². The Bertz CT molecular complexity index is 381. The van der Waals surface area contributed by atoms with Crippen LogP contribution in [0.1, 0.15) is 31.6 Å². The van der Waals surface area contributed by atoms with Crippen molar-refractivity contribution in [2.75, 3.05) is 6.61 Å². The number of aromatic nitrogens is 3. The van der Waals surface area contributed by atoms with Gasteiger partial charge in [0.15, 0.2) is 10.6 Å². The van der Waals surface area contributed by atoms with E-state index in [2.05, 4.69) is 10.2 Å². The van der Waals surface area contributed by atoms with Gasteiger partial charge >= 0.3 is 0 Å². The number of nitrogens with one attached hydrogen (secondary N) is 1. The first-order chi connectivity index (χ1) is 7.26. The van der Waals surface area contributed by atoms with Gasteiger partial charge in [0.25, 0.3) is 0 Å². The summed E-state index contributed by atoms with van der Waals surface area (Å²) < 4.78 is 7.96. The van der Waals surface area contributed by atoms with Crippen LogP contribution in [0.2, 0.25) is 0 Å². The Balaban J connectivity index is 2.06. The van der Waals surface area contributed by atoms with Gasteiger partial charge < -0.3 is 9.84 Å². The molecule has 5 nitrogen and oxygen atoms in total. The lowest BCUT2D eigenvalue weighted by molar-refractivity contribution is -0.0214. The van der Waals surface area contributed by atoms with Gasteiger partial charge in [0.05, 0.1) is 6.10 Å². The van der Waals surface area contributed by atoms with Gasteiger partial charge in [-0.05, 0) is 32.0 Å². The van der Waals surface area contributed by atoms with Crippen LogP contribution in [0.5, 0.6) is 0 Å². The highest BCUT2D eigenvalue weighted by molar-refractivity contribution is 7.71. The van der Waals surface area contributed by atoms with E-state index in [4.69, 9.17) is 22.1 Å². The molecule has 0 radical (unpaired) electrons. The molecule has 6 heteroatoms. The molecule has 0 unspecified atom stereocenters. The molecule has 0 amide bonds. The van der Waals surface area contributed by atoms with E-state index < -0.39 is 0 Å². The van der Waals surface area contributed by atoms with Gasteiger partial charge in [0, 0.05) is 12.6 Å². The maximum absolute atomic E-state index is 9.09. The Morgan fingerprint density at radius 2 is 2.40 bits per heavy atom. The first-order valence-corrected chi connectivity index (χ1v) is 5.55. The van der Waals surface area contributed by atoms with Crippen molar-refractivity contribution in [2.24, 2.45) is 0 Å². The summed E-state index contributed by atoms with van der Waals surface area (Å²) in [6.07, 6.45) is 2.24. The third-order valence-corrected chi connectivity index (χ3v) is 3.04. The Labute approximate surface area is 93.1 Å². The van der Waals surface area contributed by atoms with Crippen molar-refractivity contribution in [1.82, 2.24) is 14.8 Å². The van der Waals surface area contributed by atoms with Crippen LogP contribution < -0.4 is 0 Å². The van der Waals surface area contributed by atoms with Gasteiger partial charge in [0.1, 0.15) is 6.61 Å². The van der Waals surface area contributed by atoms with Crippen molar-refractivity contribution in [1.29, 1.82) is 0 Å². The first-order valence-electron chi connectivity index (χ1n) is 5.14. The second-order valence-electron chi connectivity index (χ2n) is 3.68. The second kappa shape index (κ2) is 4.42. The van der Waals surface area contributed by atoms with E-state index in [-0.39, 0.29) is 6.61 Å². The fraction of sp³-hybridized carbons (Fsp3) is 0.778. The molecule has 0 atom stereocenters. The Kier molecular flexibility index (Phi) is 3.18. The van der Waals surface area contributed by atoms with Crippen molar-refractivity contribution in [3.8, 4) is 0 Å². The zero-order chi connectivity index (χ0) is 10.8. The summed E-state index contributed by atoms with van der Waals surface area (Å²) >= 11 is 5.11. The van der Waals surface area contributed by atoms with Crippen molar-refractivity contribution in [2.45, 2.75) is 38.5 Å². The number of ether oxygens (including phenoxy) is 1. The van der Waals surface area contributed by atoms with Crippen molar-refractivity contribution in [3.05, 3.63) is 10.6 Å². The molecule has 0 spiro atoms. The maximum atomic E-state index is 9.09. The number of aliphatic hydroxyl groups excluding tert-OH is 1. The smallest absolute Gasteiger partial charge is 0.195 e. The third kappa shape index (κ3) is 1.97. The standard InChI is InChI=1S/C9H15N3O2S/c1-2-14-7-3-6(4-7)12-8(5-13)10-11-9(12)15/h6-7,13H,2-5H2,1H3,(H,11,15). The van der Waals surface area contributed by atoms with Gasteiger partial charge in [-0.2, -0.15) is 5.10 Å². The van der Waals surface area contributed by atoms with Gasteiger partial charge in [-0.15, -0.1) is 0 Å². The molecule has 1 heterocycles. The van der Waals surface area contributed by atoms with E-state index in [9.17, 15) is 0 Å². The van der Waals surface area contributed by atoms with Crippen LogP contribution in [-0.4, -0.2) is 32.6 Å². The summed E-state index contributed by atoms with van der Waals surface area (Å²) in [5.74, 6) is 0.611. The average Bonchev–Trinajstić information content (AvgIpc) is 2.53. The molecule has 0 saturated heterocycles. The molecular weight excluding hydrogens is 214 g/mol. The summed E-state index contributed by atoms with van der Waals surface area (Å²) in [5, 5.41) is 15.8. The highest BCUT2D eigenvalue weighted by atomic mass is 32.1. The predicted octanol–water partition coefficient (Wildman–Crippen LogP) is 1.17. The largest absolute Gasteiger partial charge is 0.388 e. The molecular formula is C9H15N3O2S. The minimum Gasteiger partial charge on any atom is -0.388 e. The number of nitrogens with zero attached hydrogens (tertiary/aromatic N) is 2. The molecule has 1 aromatic rings. The third-order valence-electron chi connectivity index (χ3n) is 2.76. The topological polar surface area (TPSA) is 63.1 Å². The predicted molar refractivity (Wildman–Crippen MR) is 57.0 cm³/mol. The Hall–Kier alpha value is -0.720. The van der Waals surface area contributed by atoms with E-state index in [1.54, 1.807) is 0 Å². The molecule has 0 aromatic carbocycles. The molecule has 1 aliphatic carbocycles. The number of hydrogen-bond donors (Lipinski definition) is 2. The number of H-pyrrole nitrogens is 1. The van der Waals surface area contributed by atoms with Crippen LogP contribution in [0.3, 0.4) is 0 Å².